The fourth-order valence-electron chi connectivity index (χ4n) is 4.22. The fourth-order valence-corrected chi connectivity index (χ4v) is 5.42. The standard InChI is InChI=1S/C21H26N4O4S/c1-28-19(26)12-14(22)20(27)25-8-6-21(7-9-25)13-11-17(30-16(13)5-10-29-21)15-3-2-4-18(23)24-15/h2-4,11,14H,5-10,12,22H2,1H3,(H2,23,24)/t14-/m0/s1. The lowest BCUT2D eigenvalue weighted by atomic mass is 9.82. The van der Waals surface area contributed by atoms with Crippen LogP contribution >= 0.6 is 11.3 Å². The second-order valence-corrected chi connectivity index (χ2v) is 8.84. The number of carbonyl (C=O) groups is 2. The maximum absolute atomic E-state index is 12.6. The first-order chi connectivity index (χ1) is 14.4. The van der Waals surface area contributed by atoms with Gasteiger partial charge in [-0.1, -0.05) is 6.07 Å². The summed E-state index contributed by atoms with van der Waals surface area (Å²) < 4.78 is 10.9. The number of methoxy groups -OCH3 is 1. The number of amides is 1. The Bertz CT molecular complexity index is 952. The summed E-state index contributed by atoms with van der Waals surface area (Å²) in [5.41, 5.74) is 13.4. The van der Waals surface area contributed by atoms with Gasteiger partial charge in [0.1, 0.15) is 5.82 Å². The molecule has 4 heterocycles. The van der Waals surface area contributed by atoms with Gasteiger partial charge in [-0.05, 0) is 36.6 Å². The summed E-state index contributed by atoms with van der Waals surface area (Å²) in [5, 5.41) is 0. The SMILES string of the molecule is COC(=O)C[C@H](N)C(=O)N1CCC2(CC1)OCCc1sc(-c3cccc(N)n3)cc12. The van der Waals surface area contributed by atoms with Gasteiger partial charge in [-0.15, -0.1) is 11.3 Å². The van der Waals surface area contributed by atoms with E-state index in [1.165, 1.54) is 17.6 Å². The van der Waals surface area contributed by atoms with Crippen LogP contribution in [0.1, 0.15) is 29.7 Å². The van der Waals surface area contributed by atoms with E-state index in [1.54, 1.807) is 22.3 Å². The van der Waals surface area contributed by atoms with E-state index in [1.807, 2.05) is 12.1 Å². The Hall–Kier alpha value is -2.49. The topological polar surface area (TPSA) is 121 Å². The summed E-state index contributed by atoms with van der Waals surface area (Å²) in [6.07, 6.45) is 2.14. The molecule has 2 aromatic rings. The van der Waals surface area contributed by atoms with Crippen LogP contribution in [0.25, 0.3) is 10.6 Å². The van der Waals surface area contributed by atoms with Crippen LogP contribution in [0.3, 0.4) is 0 Å². The number of aromatic nitrogens is 1. The number of nitrogens with zero attached hydrogens (tertiary/aromatic N) is 2. The third-order valence-corrected chi connectivity index (χ3v) is 7.06. The molecule has 160 valence electrons. The Labute approximate surface area is 179 Å². The Morgan fingerprint density at radius 1 is 1.37 bits per heavy atom. The van der Waals surface area contributed by atoms with Crippen molar-refractivity contribution in [1.82, 2.24) is 9.88 Å². The van der Waals surface area contributed by atoms with Crippen molar-refractivity contribution in [2.75, 3.05) is 32.5 Å². The number of nitrogen functional groups attached to an aromatic ring is 1. The number of likely N-dealkylation sites (tertiary alicyclic amines) is 1. The van der Waals surface area contributed by atoms with Gasteiger partial charge in [-0.2, -0.15) is 0 Å². The highest BCUT2D eigenvalue weighted by molar-refractivity contribution is 7.15. The molecule has 30 heavy (non-hydrogen) atoms. The largest absolute Gasteiger partial charge is 0.469 e. The molecule has 1 spiro atoms. The van der Waals surface area contributed by atoms with Crippen LogP contribution in [0.5, 0.6) is 0 Å². The van der Waals surface area contributed by atoms with E-state index < -0.39 is 17.6 Å². The molecule has 1 fully saturated rings. The van der Waals surface area contributed by atoms with Crippen molar-refractivity contribution in [3.8, 4) is 10.6 Å². The van der Waals surface area contributed by atoms with E-state index in [0.29, 0.717) is 38.4 Å². The van der Waals surface area contributed by atoms with Crippen LogP contribution in [0.15, 0.2) is 24.3 Å². The lowest BCUT2D eigenvalue weighted by Gasteiger charge is -2.44. The van der Waals surface area contributed by atoms with Crippen LogP contribution in [0.2, 0.25) is 0 Å². The second-order valence-electron chi connectivity index (χ2n) is 7.70. The number of rotatable bonds is 4. The van der Waals surface area contributed by atoms with Crippen LogP contribution in [-0.2, 0) is 31.1 Å². The first-order valence-corrected chi connectivity index (χ1v) is 10.8. The number of hydrogen-bond acceptors (Lipinski definition) is 8. The van der Waals surface area contributed by atoms with Gasteiger partial charge >= 0.3 is 5.97 Å². The normalized spacial score (nSPS) is 18.7. The predicted molar refractivity (Wildman–Crippen MR) is 114 cm³/mol. The molecule has 1 atom stereocenters. The number of esters is 1. The van der Waals surface area contributed by atoms with Crippen molar-refractivity contribution in [3.05, 3.63) is 34.7 Å². The van der Waals surface area contributed by atoms with Crippen molar-refractivity contribution in [3.63, 3.8) is 0 Å². The summed E-state index contributed by atoms with van der Waals surface area (Å²) in [5.74, 6) is -0.202. The Balaban J connectivity index is 1.50. The molecule has 0 aliphatic carbocycles. The zero-order chi connectivity index (χ0) is 21.3. The summed E-state index contributed by atoms with van der Waals surface area (Å²) in [4.78, 5) is 32.6. The van der Waals surface area contributed by atoms with Crippen molar-refractivity contribution in [2.24, 2.45) is 5.73 Å². The van der Waals surface area contributed by atoms with E-state index in [-0.39, 0.29) is 12.3 Å². The number of thiophene rings is 1. The molecule has 0 saturated carbocycles. The lowest BCUT2D eigenvalue weighted by molar-refractivity contribution is -0.148. The van der Waals surface area contributed by atoms with Crippen LogP contribution in [0.4, 0.5) is 5.82 Å². The number of piperidine rings is 1. The molecule has 2 aromatic heterocycles. The van der Waals surface area contributed by atoms with E-state index >= 15 is 0 Å². The molecule has 4 rings (SSSR count). The van der Waals surface area contributed by atoms with Crippen molar-refractivity contribution in [2.45, 2.75) is 37.3 Å². The molecular weight excluding hydrogens is 404 g/mol. The maximum atomic E-state index is 12.6. The third-order valence-electron chi connectivity index (χ3n) is 5.84. The first-order valence-electron chi connectivity index (χ1n) is 10.0. The molecule has 0 aromatic carbocycles. The zero-order valence-corrected chi connectivity index (χ0v) is 17.7. The molecule has 0 unspecified atom stereocenters. The summed E-state index contributed by atoms with van der Waals surface area (Å²) in [7, 11) is 1.29. The molecule has 2 aliphatic heterocycles. The molecule has 0 bridgehead atoms. The van der Waals surface area contributed by atoms with E-state index in [4.69, 9.17) is 16.2 Å². The highest BCUT2D eigenvalue weighted by atomic mass is 32.1. The van der Waals surface area contributed by atoms with Gasteiger partial charge in [0, 0.05) is 24.4 Å². The smallest absolute Gasteiger partial charge is 0.307 e. The number of nitrogens with two attached hydrogens (primary N) is 2. The summed E-state index contributed by atoms with van der Waals surface area (Å²) >= 11 is 1.74. The van der Waals surface area contributed by atoms with Crippen molar-refractivity contribution >= 4 is 29.0 Å². The van der Waals surface area contributed by atoms with Gasteiger partial charge in [-0.3, -0.25) is 9.59 Å². The van der Waals surface area contributed by atoms with Crippen molar-refractivity contribution in [1.29, 1.82) is 0 Å². The molecular formula is C21H26N4O4S. The van der Waals surface area contributed by atoms with E-state index in [2.05, 4.69) is 15.8 Å². The quantitative estimate of drug-likeness (QED) is 0.708. The summed E-state index contributed by atoms with van der Waals surface area (Å²) in [6, 6.07) is 6.94. The average Bonchev–Trinajstić information content (AvgIpc) is 3.20. The molecule has 0 radical (unpaired) electrons. The number of ether oxygens (including phenoxy) is 2. The van der Waals surface area contributed by atoms with Crippen LogP contribution < -0.4 is 11.5 Å². The van der Waals surface area contributed by atoms with Gasteiger partial charge in [0.05, 0.1) is 42.4 Å². The lowest BCUT2D eigenvalue weighted by Crippen LogP contribution is -2.52. The second kappa shape index (κ2) is 8.33. The Kier molecular flexibility index (Phi) is 5.77. The number of pyridine rings is 1. The molecule has 2 aliphatic rings. The van der Waals surface area contributed by atoms with Gasteiger partial charge in [0.25, 0.3) is 0 Å². The highest BCUT2D eigenvalue weighted by Gasteiger charge is 2.43. The number of fused-ring (bicyclic) bond motifs is 2. The average molecular weight is 431 g/mol. The molecule has 4 N–H and O–H groups in total. The van der Waals surface area contributed by atoms with Gasteiger partial charge in [0.2, 0.25) is 5.91 Å². The number of hydrogen-bond donors (Lipinski definition) is 2. The Morgan fingerprint density at radius 2 is 2.13 bits per heavy atom. The minimum atomic E-state index is -0.878. The summed E-state index contributed by atoms with van der Waals surface area (Å²) in [6.45, 7) is 1.73. The van der Waals surface area contributed by atoms with E-state index in [9.17, 15) is 9.59 Å². The molecule has 8 nitrogen and oxygen atoms in total. The predicted octanol–water partition coefficient (Wildman–Crippen LogP) is 1.67. The van der Waals surface area contributed by atoms with Crippen LogP contribution in [-0.4, -0.2) is 54.6 Å². The fraction of sp³-hybridized carbons (Fsp3) is 0.476. The minimum absolute atomic E-state index is 0.112. The third kappa shape index (κ3) is 3.92. The number of carbonyl (C=O) groups excluding carboxylic acids is 2. The van der Waals surface area contributed by atoms with Gasteiger partial charge < -0.3 is 25.8 Å². The van der Waals surface area contributed by atoms with Gasteiger partial charge in [-0.25, -0.2) is 4.98 Å². The molecule has 9 heteroatoms. The molecule has 1 saturated heterocycles. The van der Waals surface area contributed by atoms with Crippen LogP contribution in [0, 0.1) is 0 Å². The first kappa shape index (κ1) is 20.8. The van der Waals surface area contributed by atoms with Crippen molar-refractivity contribution < 1.29 is 19.1 Å². The Morgan fingerprint density at radius 3 is 2.83 bits per heavy atom. The number of anilines is 1. The highest BCUT2D eigenvalue weighted by Crippen LogP contribution is 2.46. The minimum Gasteiger partial charge on any atom is -0.469 e. The monoisotopic (exact) mass is 430 g/mol. The van der Waals surface area contributed by atoms with Gasteiger partial charge in [0.15, 0.2) is 0 Å². The zero-order valence-electron chi connectivity index (χ0n) is 16.9. The molecule has 1 amide bonds. The maximum Gasteiger partial charge on any atom is 0.307 e. The van der Waals surface area contributed by atoms with E-state index in [0.717, 1.165) is 17.0 Å².